The smallest absolute Gasteiger partial charge is 0.375 e. The number of alkyl halides is 3. The van der Waals surface area contributed by atoms with Gasteiger partial charge in [-0.05, 0) is 25.6 Å². The molecule has 1 aromatic rings. The number of morpholine rings is 1. The first-order valence-corrected chi connectivity index (χ1v) is 7.76. The first-order valence-electron chi connectivity index (χ1n) is 7.76. The van der Waals surface area contributed by atoms with Crippen LogP contribution in [0.5, 0.6) is 0 Å². The number of urea groups is 1. The Kier molecular flexibility index (Phi) is 4.64. The van der Waals surface area contributed by atoms with Gasteiger partial charge in [-0.25, -0.2) is 9.78 Å². The van der Waals surface area contributed by atoms with Gasteiger partial charge >= 0.3 is 12.2 Å². The number of amides is 2. The summed E-state index contributed by atoms with van der Waals surface area (Å²) in [5.41, 5.74) is -1.03. The van der Waals surface area contributed by atoms with Gasteiger partial charge in [0.15, 0.2) is 0 Å². The van der Waals surface area contributed by atoms with Crippen LogP contribution < -0.4 is 5.32 Å². The Hall–Kier alpha value is -1.87. The van der Waals surface area contributed by atoms with Gasteiger partial charge in [-0.1, -0.05) is 6.07 Å². The highest BCUT2D eigenvalue weighted by atomic mass is 19.4. The third-order valence-electron chi connectivity index (χ3n) is 4.42. The lowest BCUT2D eigenvalue weighted by atomic mass is 9.99. The summed E-state index contributed by atoms with van der Waals surface area (Å²) in [5.74, 6) is -0.106. The van der Waals surface area contributed by atoms with E-state index < -0.39 is 17.9 Å². The van der Waals surface area contributed by atoms with Crippen molar-refractivity contribution in [2.24, 2.45) is 0 Å². The fourth-order valence-electron chi connectivity index (χ4n) is 3.08. The number of halogens is 3. The normalized spacial score (nSPS) is 25.2. The van der Waals surface area contributed by atoms with Crippen molar-refractivity contribution in [1.29, 1.82) is 0 Å². The topological polar surface area (TPSA) is 57.7 Å². The molecular weight excluding hydrogens is 325 g/mol. The van der Waals surface area contributed by atoms with E-state index in [2.05, 4.69) is 15.2 Å². The van der Waals surface area contributed by atoms with E-state index in [1.165, 1.54) is 12.1 Å². The molecule has 2 fully saturated rings. The summed E-state index contributed by atoms with van der Waals surface area (Å²) in [5, 5.41) is 2.45. The molecule has 0 saturated carbocycles. The van der Waals surface area contributed by atoms with Crippen LogP contribution in [0.3, 0.4) is 0 Å². The average Bonchev–Trinajstić information content (AvgIpc) is 2.54. The molecule has 0 bridgehead atoms. The van der Waals surface area contributed by atoms with E-state index in [4.69, 9.17) is 4.74 Å². The Morgan fingerprint density at radius 3 is 2.92 bits per heavy atom. The van der Waals surface area contributed by atoms with Crippen molar-refractivity contribution in [2.45, 2.75) is 24.7 Å². The molecule has 2 aliphatic rings. The van der Waals surface area contributed by atoms with Gasteiger partial charge in [0, 0.05) is 19.6 Å². The number of likely N-dealkylation sites (N-methyl/N-ethyl adjacent to an activating group) is 1. The van der Waals surface area contributed by atoms with Crippen LogP contribution in [0.4, 0.5) is 23.8 Å². The highest BCUT2D eigenvalue weighted by Gasteiger charge is 2.37. The van der Waals surface area contributed by atoms with E-state index >= 15 is 0 Å². The van der Waals surface area contributed by atoms with Crippen LogP contribution in [-0.4, -0.2) is 66.2 Å². The quantitative estimate of drug-likeness (QED) is 0.847. The summed E-state index contributed by atoms with van der Waals surface area (Å²) < 4.78 is 43.8. The maximum Gasteiger partial charge on any atom is 0.433 e. The Bertz CT molecular complexity index is 611. The van der Waals surface area contributed by atoms with Gasteiger partial charge in [0.25, 0.3) is 0 Å². The first kappa shape index (κ1) is 17.0. The molecule has 2 saturated heterocycles. The summed E-state index contributed by atoms with van der Waals surface area (Å²) in [7, 11) is 1.98. The third-order valence-corrected chi connectivity index (χ3v) is 4.42. The minimum Gasteiger partial charge on any atom is -0.375 e. The molecule has 1 aromatic heterocycles. The summed E-state index contributed by atoms with van der Waals surface area (Å²) in [6.07, 6.45) is -3.74. The molecule has 1 N–H and O–H groups in total. The molecule has 24 heavy (non-hydrogen) atoms. The van der Waals surface area contributed by atoms with Crippen molar-refractivity contribution < 1.29 is 22.7 Å². The van der Waals surface area contributed by atoms with Gasteiger partial charge < -0.3 is 9.64 Å². The van der Waals surface area contributed by atoms with Crippen LogP contribution >= 0.6 is 0 Å². The third kappa shape index (κ3) is 3.62. The van der Waals surface area contributed by atoms with E-state index in [1.54, 1.807) is 4.90 Å². The number of hydrogen-bond acceptors (Lipinski definition) is 4. The molecule has 3 rings (SSSR count). The van der Waals surface area contributed by atoms with Gasteiger partial charge in [-0.15, -0.1) is 0 Å². The fourth-order valence-corrected chi connectivity index (χ4v) is 3.08. The predicted octanol–water partition coefficient (Wildman–Crippen LogP) is 2.04. The van der Waals surface area contributed by atoms with Gasteiger partial charge in [-0.2, -0.15) is 13.2 Å². The van der Waals surface area contributed by atoms with E-state index in [-0.39, 0.29) is 18.0 Å². The SMILES string of the molecule is CN1CCOC2CCN(C(=O)Nc3cccc(C(F)(F)F)n3)CC21. The Balaban J connectivity index is 1.65. The zero-order valence-corrected chi connectivity index (χ0v) is 13.2. The van der Waals surface area contributed by atoms with Crippen LogP contribution in [0.15, 0.2) is 18.2 Å². The fraction of sp³-hybridized carbons (Fsp3) is 0.600. The predicted molar refractivity (Wildman–Crippen MR) is 80.6 cm³/mol. The van der Waals surface area contributed by atoms with Crippen molar-refractivity contribution in [3.8, 4) is 0 Å². The Morgan fingerprint density at radius 1 is 1.38 bits per heavy atom. The second-order valence-corrected chi connectivity index (χ2v) is 6.03. The van der Waals surface area contributed by atoms with Crippen molar-refractivity contribution in [3.63, 3.8) is 0 Å². The summed E-state index contributed by atoms with van der Waals surface area (Å²) in [6, 6.07) is 3.10. The maximum absolute atomic E-state index is 12.7. The second-order valence-electron chi connectivity index (χ2n) is 6.03. The van der Waals surface area contributed by atoms with Crippen LogP contribution in [0.2, 0.25) is 0 Å². The molecule has 2 aliphatic heterocycles. The molecule has 3 heterocycles. The van der Waals surface area contributed by atoms with Crippen molar-refractivity contribution in [1.82, 2.24) is 14.8 Å². The molecule has 0 aliphatic carbocycles. The minimum absolute atomic E-state index is 0.0967. The zero-order valence-electron chi connectivity index (χ0n) is 13.2. The summed E-state index contributed by atoms with van der Waals surface area (Å²) in [6.45, 7) is 2.45. The lowest BCUT2D eigenvalue weighted by molar-refractivity contribution is -0.141. The van der Waals surface area contributed by atoms with Crippen molar-refractivity contribution in [2.75, 3.05) is 38.6 Å². The highest BCUT2D eigenvalue weighted by molar-refractivity contribution is 5.88. The molecule has 132 valence electrons. The lowest BCUT2D eigenvalue weighted by Gasteiger charge is -2.45. The number of fused-ring (bicyclic) bond motifs is 1. The van der Waals surface area contributed by atoms with Crippen LogP contribution in [0.1, 0.15) is 12.1 Å². The van der Waals surface area contributed by atoms with Gasteiger partial charge in [0.2, 0.25) is 0 Å². The van der Waals surface area contributed by atoms with Crippen LogP contribution in [0.25, 0.3) is 0 Å². The maximum atomic E-state index is 12.7. The molecule has 2 unspecified atom stereocenters. The number of carbonyl (C=O) groups is 1. The van der Waals surface area contributed by atoms with E-state index in [9.17, 15) is 18.0 Å². The van der Waals surface area contributed by atoms with E-state index in [0.717, 1.165) is 12.6 Å². The molecular formula is C15H19F3N4O2. The highest BCUT2D eigenvalue weighted by Crippen LogP contribution is 2.28. The van der Waals surface area contributed by atoms with Gasteiger partial charge in [0.05, 0.1) is 18.8 Å². The van der Waals surface area contributed by atoms with Crippen molar-refractivity contribution >= 4 is 11.8 Å². The molecule has 2 atom stereocenters. The number of anilines is 1. The number of hydrogen-bond donors (Lipinski definition) is 1. The summed E-state index contributed by atoms with van der Waals surface area (Å²) >= 11 is 0. The monoisotopic (exact) mass is 344 g/mol. The number of nitrogens with zero attached hydrogens (tertiary/aromatic N) is 3. The second kappa shape index (κ2) is 6.56. The van der Waals surface area contributed by atoms with Gasteiger partial charge in [-0.3, -0.25) is 10.2 Å². The number of rotatable bonds is 1. The van der Waals surface area contributed by atoms with E-state index in [1.807, 2.05) is 7.05 Å². The minimum atomic E-state index is -4.54. The molecule has 0 aromatic carbocycles. The van der Waals surface area contributed by atoms with E-state index in [0.29, 0.717) is 26.1 Å². The first-order chi connectivity index (χ1) is 11.3. The molecule has 2 amide bonds. The standard InChI is InChI=1S/C15H19F3N4O2/c1-21-7-8-24-11-5-6-22(9-10(11)21)14(23)20-13-4-2-3-12(19-13)15(16,17)18/h2-4,10-11H,5-9H2,1H3,(H,19,20,23). The number of likely N-dealkylation sites (tertiary alicyclic amines) is 1. The number of pyridine rings is 1. The lowest BCUT2D eigenvalue weighted by Crippen LogP contribution is -2.60. The van der Waals surface area contributed by atoms with Crippen LogP contribution in [-0.2, 0) is 10.9 Å². The van der Waals surface area contributed by atoms with Crippen LogP contribution in [0, 0.1) is 0 Å². The Labute approximate surface area is 137 Å². The van der Waals surface area contributed by atoms with Crippen molar-refractivity contribution in [3.05, 3.63) is 23.9 Å². The number of aromatic nitrogens is 1. The Morgan fingerprint density at radius 2 is 2.17 bits per heavy atom. The zero-order chi connectivity index (χ0) is 17.3. The molecule has 0 spiro atoms. The number of ether oxygens (including phenoxy) is 1. The molecule has 0 radical (unpaired) electrons. The number of nitrogens with one attached hydrogen (secondary N) is 1. The number of carbonyl (C=O) groups excluding carboxylic acids is 1. The molecule has 9 heteroatoms. The largest absolute Gasteiger partial charge is 0.433 e. The number of piperidine rings is 1. The van der Waals surface area contributed by atoms with Gasteiger partial charge in [0.1, 0.15) is 11.5 Å². The molecule has 6 nitrogen and oxygen atoms in total. The average molecular weight is 344 g/mol. The summed E-state index contributed by atoms with van der Waals surface area (Å²) in [4.78, 5) is 19.5.